The predicted molar refractivity (Wildman–Crippen MR) is 132 cm³/mol. The number of nitrogens with zero attached hydrogens (tertiary/aromatic N) is 4. The van der Waals surface area contributed by atoms with Gasteiger partial charge in [-0.2, -0.15) is 5.10 Å². The molecule has 1 aliphatic heterocycles. The number of hydrogen-bond acceptors (Lipinski definition) is 4. The number of rotatable bonds is 5. The van der Waals surface area contributed by atoms with Gasteiger partial charge in [-0.15, -0.1) is 0 Å². The zero-order valence-electron chi connectivity index (χ0n) is 19.8. The number of amides is 2. The maximum atomic E-state index is 13.6. The summed E-state index contributed by atoms with van der Waals surface area (Å²) in [6, 6.07) is 16.3. The first-order chi connectivity index (χ1) is 17.4. The molecule has 4 aromatic rings. The number of carbonyl (C=O) groups excluding carboxylic acids is 2. The van der Waals surface area contributed by atoms with Gasteiger partial charge in [-0.25, -0.2) is 4.79 Å². The largest absolute Gasteiger partial charge is 0.478 e. The number of aromatic nitrogens is 3. The molecule has 1 fully saturated rings. The Balaban J connectivity index is 1.24. The molecule has 0 saturated heterocycles. The number of hydrogen-bond donors (Lipinski definition) is 2. The summed E-state index contributed by atoms with van der Waals surface area (Å²) in [5.74, 6) is -1.24. The van der Waals surface area contributed by atoms with Crippen LogP contribution in [0.25, 0.3) is 10.9 Å². The van der Waals surface area contributed by atoms with Crippen molar-refractivity contribution in [3.05, 3.63) is 88.9 Å². The average molecular weight is 484 g/mol. The lowest BCUT2D eigenvalue weighted by Crippen LogP contribution is -2.41. The minimum atomic E-state index is -0.978. The molecule has 0 radical (unpaired) electrons. The van der Waals surface area contributed by atoms with E-state index in [9.17, 15) is 19.5 Å². The van der Waals surface area contributed by atoms with Gasteiger partial charge in [0.05, 0.1) is 41.6 Å². The van der Waals surface area contributed by atoms with Gasteiger partial charge >= 0.3 is 5.97 Å². The van der Waals surface area contributed by atoms with Crippen LogP contribution in [0.5, 0.6) is 0 Å². The highest BCUT2D eigenvalue weighted by atomic mass is 16.4. The summed E-state index contributed by atoms with van der Waals surface area (Å²) in [5, 5.41) is 14.6. The number of para-hydroxylation sites is 1. The van der Waals surface area contributed by atoms with Crippen molar-refractivity contribution in [3.8, 4) is 0 Å². The number of carboxylic acid groups (broad SMARTS) is 1. The van der Waals surface area contributed by atoms with Gasteiger partial charge < -0.3 is 19.9 Å². The molecule has 1 saturated carbocycles. The molecule has 2 aromatic heterocycles. The van der Waals surface area contributed by atoms with Crippen molar-refractivity contribution in [2.24, 2.45) is 0 Å². The molecule has 0 unspecified atom stereocenters. The molecule has 2 aromatic carbocycles. The Labute approximate surface area is 206 Å². The molecular formula is C27H25N5O4. The third-order valence-corrected chi connectivity index (χ3v) is 7.49. The van der Waals surface area contributed by atoms with Gasteiger partial charge in [0.1, 0.15) is 5.69 Å². The third-order valence-electron chi connectivity index (χ3n) is 7.49. The summed E-state index contributed by atoms with van der Waals surface area (Å²) in [7, 11) is 1.78. The van der Waals surface area contributed by atoms with Gasteiger partial charge in [0.2, 0.25) is 0 Å². The lowest BCUT2D eigenvalue weighted by atomic mass is 10.0. The van der Waals surface area contributed by atoms with Crippen molar-refractivity contribution in [2.75, 3.05) is 13.6 Å². The summed E-state index contributed by atoms with van der Waals surface area (Å²) in [6.07, 6.45) is 3.20. The number of carbonyl (C=O) groups is 3. The molecule has 1 aliphatic carbocycles. The van der Waals surface area contributed by atoms with Gasteiger partial charge in [0, 0.05) is 24.5 Å². The van der Waals surface area contributed by atoms with E-state index in [1.165, 1.54) is 0 Å². The van der Waals surface area contributed by atoms with E-state index < -0.39 is 11.5 Å². The second-order valence-corrected chi connectivity index (χ2v) is 9.50. The average Bonchev–Trinajstić information content (AvgIpc) is 3.42. The third kappa shape index (κ3) is 3.46. The van der Waals surface area contributed by atoms with Gasteiger partial charge in [-0.3, -0.25) is 14.3 Å². The van der Waals surface area contributed by atoms with Crippen LogP contribution >= 0.6 is 0 Å². The monoisotopic (exact) mass is 483 g/mol. The maximum Gasteiger partial charge on any atom is 0.335 e. The molecule has 36 heavy (non-hydrogen) atoms. The van der Waals surface area contributed by atoms with E-state index in [0.717, 1.165) is 35.0 Å². The molecule has 0 spiro atoms. The Bertz CT molecular complexity index is 1480. The highest BCUT2D eigenvalue weighted by Gasteiger charge is 2.50. The zero-order valence-corrected chi connectivity index (χ0v) is 19.8. The van der Waals surface area contributed by atoms with E-state index in [4.69, 9.17) is 0 Å². The summed E-state index contributed by atoms with van der Waals surface area (Å²) in [4.78, 5) is 44.8. The molecule has 2 amide bonds. The number of H-pyrrole nitrogens is 1. The smallest absolute Gasteiger partial charge is 0.335 e. The summed E-state index contributed by atoms with van der Waals surface area (Å²) < 4.78 is 1.80. The lowest BCUT2D eigenvalue weighted by Gasteiger charge is -2.31. The van der Waals surface area contributed by atoms with Crippen molar-refractivity contribution in [2.45, 2.75) is 31.5 Å². The molecule has 0 bridgehead atoms. The number of fused-ring (bicyclic) bond motifs is 2. The molecule has 2 N–H and O–H groups in total. The van der Waals surface area contributed by atoms with E-state index in [-0.39, 0.29) is 17.4 Å². The van der Waals surface area contributed by atoms with Gasteiger partial charge in [0.25, 0.3) is 11.8 Å². The van der Waals surface area contributed by atoms with Gasteiger partial charge in [-0.05, 0) is 42.7 Å². The van der Waals surface area contributed by atoms with Gasteiger partial charge in [-0.1, -0.05) is 30.3 Å². The standard InChI is InChI=1S/C27H25N5O4/c1-30(27(10-11-27)19-8-6-17(7-9-19)26(35)36)24(33)20-15-28-32-13-12-31(16-23(20)32)25(34)22-14-18-4-2-3-5-21(18)29-22/h2-9,14-15,29H,10-13,16H2,1H3,(H,35,36). The summed E-state index contributed by atoms with van der Waals surface area (Å²) >= 11 is 0. The Morgan fingerprint density at radius 1 is 1.06 bits per heavy atom. The molecule has 182 valence electrons. The minimum absolute atomic E-state index is 0.109. The predicted octanol–water partition coefficient (Wildman–Crippen LogP) is 3.48. The van der Waals surface area contributed by atoms with Crippen molar-refractivity contribution in [1.82, 2.24) is 24.6 Å². The Hall–Kier alpha value is -4.40. The number of aromatic carboxylic acids is 1. The van der Waals surface area contributed by atoms with Crippen LogP contribution < -0.4 is 0 Å². The van der Waals surface area contributed by atoms with Crippen LogP contribution in [-0.4, -0.2) is 61.0 Å². The van der Waals surface area contributed by atoms with E-state index in [2.05, 4.69) is 10.1 Å². The number of carboxylic acids is 1. The van der Waals surface area contributed by atoms with Crippen molar-refractivity contribution < 1.29 is 19.5 Å². The molecule has 6 rings (SSSR count). The van der Waals surface area contributed by atoms with Crippen LogP contribution in [0.2, 0.25) is 0 Å². The topological polar surface area (TPSA) is 112 Å². The highest BCUT2D eigenvalue weighted by Crippen LogP contribution is 2.51. The fourth-order valence-corrected chi connectivity index (χ4v) is 5.19. The molecule has 0 atom stereocenters. The van der Waals surface area contributed by atoms with Crippen LogP contribution in [0, 0.1) is 0 Å². The van der Waals surface area contributed by atoms with Crippen LogP contribution in [-0.2, 0) is 18.6 Å². The fourth-order valence-electron chi connectivity index (χ4n) is 5.19. The Morgan fingerprint density at radius 3 is 2.50 bits per heavy atom. The SMILES string of the molecule is CN(C(=O)c1cnn2c1CN(C(=O)c1cc3ccccc3[nH]1)CC2)C1(c2ccc(C(=O)O)cc2)CC1. The normalized spacial score (nSPS) is 16.0. The second-order valence-electron chi connectivity index (χ2n) is 9.50. The van der Waals surface area contributed by atoms with Crippen molar-refractivity contribution in [3.63, 3.8) is 0 Å². The molecule has 9 heteroatoms. The van der Waals surface area contributed by atoms with E-state index >= 15 is 0 Å². The molecule has 9 nitrogen and oxygen atoms in total. The maximum absolute atomic E-state index is 13.6. The molecule has 2 aliphatic rings. The van der Waals surface area contributed by atoms with Crippen LogP contribution in [0.4, 0.5) is 0 Å². The molecule has 3 heterocycles. The van der Waals surface area contributed by atoms with E-state index in [1.807, 2.05) is 30.3 Å². The lowest BCUT2D eigenvalue weighted by molar-refractivity contribution is 0.0669. The molecular weight excluding hydrogens is 458 g/mol. The summed E-state index contributed by atoms with van der Waals surface area (Å²) in [5.41, 5.74) is 3.31. The second kappa shape index (κ2) is 8.08. The van der Waals surface area contributed by atoms with Crippen LogP contribution in [0.15, 0.2) is 60.8 Å². The number of benzene rings is 2. The minimum Gasteiger partial charge on any atom is -0.478 e. The highest BCUT2D eigenvalue weighted by molar-refractivity contribution is 5.99. The van der Waals surface area contributed by atoms with Crippen molar-refractivity contribution in [1.29, 1.82) is 0 Å². The first kappa shape index (κ1) is 22.1. The first-order valence-electron chi connectivity index (χ1n) is 11.9. The van der Waals surface area contributed by atoms with Gasteiger partial charge in [0.15, 0.2) is 0 Å². The van der Waals surface area contributed by atoms with Crippen LogP contribution in [0.1, 0.15) is 55.3 Å². The zero-order chi connectivity index (χ0) is 25.0. The van der Waals surface area contributed by atoms with Crippen molar-refractivity contribution >= 4 is 28.7 Å². The summed E-state index contributed by atoms with van der Waals surface area (Å²) in [6.45, 7) is 1.32. The fraction of sp³-hybridized carbons (Fsp3) is 0.259. The Morgan fingerprint density at radius 2 is 1.81 bits per heavy atom. The Kier molecular flexibility index (Phi) is 4.96. The number of aromatic amines is 1. The van der Waals surface area contributed by atoms with E-state index in [0.29, 0.717) is 30.9 Å². The number of nitrogens with one attached hydrogen (secondary N) is 1. The first-order valence-corrected chi connectivity index (χ1v) is 11.9. The van der Waals surface area contributed by atoms with Crippen LogP contribution in [0.3, 0.4) is 0 Å². The quantitative estimate of drug-likeness (QED) is 0.452. The van der Waals surface area contributed by atoms with E-state index in [1.54, 1.807) is 52.0 Å².